The van der Waals surface area contributed by atoms with Crippen molar-refractivity contribution in [3.05, 3.63) is 22.4 Å². The summed E-state index contributed by atoms with van der Waals surface area (Å²) in [6, 6.07) is 1.75. The largest absolute Gasteiger partial charge is 0.376 e. The molecule has 2 rings (SSSR count). The maximum absolute atomic E-state index is 11.6. The summed E-state index contributed by atoms with van der Waals surface area (Å²) in [5.74, 6) is -0.0869. The third-order valence-electron chi connectivity index (χ3n) is 2.41. The molecule has 15 heavy (non-hydrogen) atoms. The van der Waals surface area contributed by atoms with E-state index >= 15 is 0 Å². The Morgan fingerprint density at radius 3 is 3.20 bits per heavy atom. The van der Waals surface area contributed by atoms with Gasteiger partial charge < -0.3 is 15.0 Å². The second-order valence-corrected chi connectivity index (χ2v) is 4.49. The summed E-state index contributed by atoms with van der Waals surface area (Å²) in [6.45, 7) is 1.41. The van der Waals surface area contributed by atoms with Crippen LogP contribution in [0.2, 0.25) is 0 Å². The molecule has 1 amide bonds. The first kappa shape index (κ1) is 10.7. The second-order valence-electron chi connectivity index (χ2n) is 3.58. The summed E-state index contributed by atoms with van der Waals surface area (Å²) in [5, 5.41) is 2.84. The standard InChI is InChI=1S/C10H13BrN2O2/c11-7-4-9(12-5-7)10(14)13-6-8-2-1-3-15-8/h4-5,8,12H,1-3,6H2,(H,13,14). The molecule has 0 aromatic carbocycles. The highest BCUT2D eigenvalue weighted by atomic mass is 79.9. The first-order valence-electron chi connectivity index (χ1n) is 4.99. The lowest BCUT2D eigenvalue weighted by molar-refractivity contribution is 0.0854. The lowest BCUT2D eigenvalue weighted by Crippen LogP contribution is -2.31. The number of ether oxygens (including phenoxy) is 1. The van der Waals surface area contributed by atoms with Crippen molar-refractivity contribution in [1.82, 2.24) is 10.3 Å². The number of H-pyrrole nitrogens is 1. The van der Waals surface area contributed by atoms with Crippen molar-refractivity contribution >= 4 is 21.8 Å². The SMILES string of the molecule is O=C(NCC1CCCO1)c1cc(Br)c[nH]1. The van der Waals surface area contributed by atoms with Gasteiger partial charge in [0.25, 0.3) is 5.91 Å². The molecule has 82 valence electrons. The van der Waals surface area contributed by atoms with Gasteiger partial charge in [-0.15, -0.1) is 0 Å². The van der Waals surface area contributed by atoms with Crippen molar-refractivity contribution in [3.63, 3.8) is 0 Å². The van der Waals surface area contributed by atoms with E-state index in [2.05, 4.69) is 26.2 Å². The Bertz CT molecular complexity index is 345. The molecule has 1 aromatic rings. The summed E-state index contributed by atoms with van der Waals surface area (Å²) in [7, 11) is 0. The lowest BCUT2D eigenvalue weighted by Gasteiger charge is -2.09. The van der Waals surface area contributed by atoms with Crippen molar-refractivity contribution in [1.29, 1.82) is 0 Å². The van der Waals surface area contributed by atoms with E-state index in [1.54, 1.807) is 12.3 Å². The quantitative estimate of drug-likeness (QED) is 0.880. The minimum Gasteiger partial charge on any atom is -0.376 e. The minimum absolute atomic E-state index is 0.0869. The fourth-order valence-corrected chi connectivity index (χ4v) is 1.95. The Labute approximate surface area is 96.5 Å². The fraction of sp³-hybridized carbons (Fsp3) is 0.500. The van der Waals surface area contributed by atoms with Gasteiger partial charge in [-0.05, 0) is 34.8 Å². The number of rotatable bonds is 3. The van der Waals surface area contributed by atoms with Gasteiger partial charge in [0, 0.05) is 23.8 Å². The van der Waals surface area contributed by atoms with Crippen LogP contribution < -0.4 is 5.32 Å². The van der Waals surface area contributed by atoms with E-state index in [-0.39, 0.29) is 12.0 Å². The van der Waals surface area contributed by atoms with E-state index < -0.39 is 0 Å². The molecular formula is C10H13BrN2O2. The highest BCUT2D eigenvalue weighted by molar-refractivity contribution is 9.10. The molecule has 2 heterocycles. The van der Waals surface area contributed by atoms with Gasteiger partial charge in [-0.25, -0.2) is 0 Å². The summed E-state index contributed by atoms with van der Waals surface area (Å²) in [5.41, 5.74) is 0.569. The molecule has 5 heteroatoms. The van der Waals surface area contributed by atoms with Gasteiger partial charge in [0.05, 0.1) is 6.10 Å². The van der Waals surface area contributed by atoms with Crippen molar-refractivity contribution in [3.8, 4) is 0 Å². The van der Waals surface area contributed by atoms with Crippen LogP contribution in [-0.2, 0) is 4.74 Å². The van der Waals surface area contributed by atoms with Crippen molar-refractivity contribution in [2.45, 2.75) is 18.9 Å². The van der Waals surface area contributed by atoms with Gasteiger partial charge in [0.2, 0.25) is 0 Å². The van der Waals surface area contributed by atoms with Crippen LogP contribution in [0, 0.1) is 0 Å². The van der Waals surface area contributed by atoms with Gasteiger partial charge in [-0.2, -0.15) is 0 Å². The average molecular weight is 273 g/mol. The normalized spacial score (nSPS) is 20.5. The molecule has 0 saturated carbocycles. The van der Waals surface area contributed by atoms with Crippen LogP contribution in [0.25, 0.3) is 0 Å². The van der Waals surface area contributed by atoms with Crippen LogP contribution in [0.5, 0.6) is 0 Å². The molecule has 2 N–H and O–H groups in total. The molecule has 1 saturated heterocycles. The van der Waals surface area contributed by atoms with Gasteiger partial charge in [0.1, 0.15) is 5.69 Å². The molecule has 1 unspecified atom stereocenters. The van der Waals surface area contributed by atoms with E-state index in [0.29, 0.717) is 12.2 Å². The van der Waals surface area contributed by atoms with Crippen LogP contribution >= 0.6 is 15.9 Å². The average Bonchev–Trinajstić information content (AvgIpc) is 2.84. The molecule has 0 spiro atoms. The van der Waals surface area contributed by atoms with Crippen LogP contribution in [0.3, 0.4) is 0 Å². The summed E-state index contributed by atoms with van der Waals surface area (Å²) >= 11 is 3.28. The predicted octanol–water partition coefficient (Wildman–Crippen LogP) is 1.69. The van der Waals surface area contributed by atoms with E-state index in [1.165, 1.54) is 0 Å². The molecule has 4 nitrogen and oxygen atoms in total. The molecule has 1 atom stereocenters. The zero-order valence-electron chi connectivity index (χ0n) is 8.25. The van der Waals surface area contributed by atoms with Gasteiger partial charge >= 0.3 is 0 Å². The van der Waals surface area contributed by atoms with Crippen LogP contribution in [-0.4, -0.2) is 30.1 Å². The van der Waals surface area contributed by atoms with Crippen LogP contribution in [0.15, 0.2) is 16.7 Å². The molecule has 0 bridgehead atoms. The fourth-order valence-electron chi connectivity index (χ4n) is 1.61. The maximum Gasteiger partial charge on any atom is 0.267 e. The van der Waals surface area contributed by atoms with E-state index in [4.69, 9.17) is 4.74 Å². The number of hydrogen-bond acceptors (Lipinski definition) is 2. The molecular weight excluding hydrogens is 260 g/mol. The number of amides is 1. The highest BCUT2D eigenvalue weighted by Gasteiger charge is 2.16. The zero-order valence-corrected chi connectivity index (χ0v) is 9.84. The van der Waals surface area contributed by atoms with Crippen molar-refractivity contribution in [2.24, 2.45) is 0 Å². The minimum atomic E-state index is -0.0869. The smallest absolute Gasteiger partial charge is 0.267 e. The first-order valence-corrected chi connectivity index (χ1v) is 5.79. The molecule has 1 aromatic heterocycles. The van der Waals surface area contributed by atoms with Crippen LogP contribution in [0.4, 0.5) is 0 Å². The number of halogens is 1. The number of carbonyl (C=O) groups is 1. The summed E-state index contributed by atoms with van der Waals surface area (Å²) < 4.78 is 6.29. The number of hydrogen-bond donors (Lipinski definition) is 2. The van der Waals surface area contributed by atoms with E-state index in [0.717, 1.165) is 23.9 Å². The number of carbonyl (C=O) groups excluding carboxylic acids is 1. The third-order valence-corrected chi connectivity index (χ3v) is 2.86. The second kappa shape index (κ2) is 4.81. The Hall–Kier alpha value is -0.810. The lowest BCUT2D eigenvalue weighted by atomic mass is 10.2. The Morgan fingerprint density at radius 2 is 2.60 bits per heavy atom. The van der Waals surface area contributed by atoms with Crippen molar-refractivity contribution < 1.29 is 9.53 Å². The monoisotopic (exact) mass is 272 g/mol. The van der Waals surface area contributed by atoms with Gasteiger partial charge in [-0.1, -0.05) is 0 Å². The van der Waals surface area contributed by atoms with Gasteiger partial charge in [0.15, 0.2) is 0 Å². The topological polar surface area (TPSA) is 54.1 Å². The van der Waals surface area contributed by atoms with E-state index in [1.807, 2.05) is 0 Å². The summed E-state index contributed by atoms with van der Waals surface area (Å²) in [6.07, 6.45) is 4.05. The van der Waals surface area contributed by atoms with E-state index in [9.17, 15) is 4.79 Å². The molecule has 0 radical (unpaired) electrons. The predicted molar refractivity (Wildman–Crippen MR) is 59.8 cm³/mol. The molecule has 0 aliphatic carbocycles. The number of aromatic nitrogens is 1. The molecule has 1 aliphatic heterocycles. The highest BCUT2D eigenvalue weighted by Crippen LogP contribution is 2.12. The van der Waals surface area contributed by atoms with Crippen molar-refractivity contribution in [2.75, 3.05) is 13.2 Å². The Morgan fingerprint density at radius 1 is 1.73 bits per heavy atom. The van der Waals surface area contributed by atoms with Crippen LogP contribution in [0.1, 0.15) is 23.3 Å². The van der Waals surface area contributed by atoms with Gasteiger partial charge in [-0.3, -0.25) is 4.79 Å². The third kappa shape index (κ3) is 2.82. The Kier molecular flexibility index (Phi) is 3.43. The molecule has 1 aliphatic rings. The number of nitrogens with one attached hydrogen (secondary N) is 2. The number of aromatic amines is 1. The zero-order chi connectivity index (χ0) is 10.7. The Balaban J connectivity index is 1.81. The molecule has 1 fully saturated rings. The first-order chi connectivity index (χ1) is 7.25. The maximum atomic E-state index is 11.6. The summed E-state index contributed by atoms with van der Waals surface area (Å²) in [4.78, 5) is 14.5.